The van der Waals surface area contributed by atoms with Gasteiger partial charge in [-0.05, 0) is 17.9 Å². The first kappa shape index (κ1) is 11.8. The number of nitrogens with one attached hydrogen (secondary N) is 1. The fraction of sp³-hybridized carbons (Fsp3) is 0.273. The van der Waals surface area contributed by atoms with Crippen molar-refractivity contribution in [1.29, 1.82) is 0 Å². The molecule has 0 aromatic carbocycles. The minimum atomic E-state index is 0.575. The van der Waals surface area contributed by atoms with Crippen LogP contribution in [-0.4, -0.2) is 23.6 Å². The fourth-order valence-corrected chi connectivity index (χ4v) is 2.15. The van der Waals surface area contributed by atoms with Gasteiger partial charge in [-0.2, -0.15) is 0 Å². The normalized spacial score (nSPS) is 10.2. The molecule has 17 heavy (non-hydrogen) atoms. The molecule has 0 bridgehead atoms. The smallest absolute Gasteiger partial charge is 0.160 e. The Labute approximate surface area is 104 Å². The van der Waals surface area contributed by atoms with Crippen LogP contribution in [0.2, 0.25) is 0 Å². The van der Waals surface area contributed by atoms with Crippen molar-refractivity contribution >= 4 is 23.0 Å². The van der Waals surface area contributed by atoms with E-state index in [4.69, 9.17) is 5.84 Å². The minimum Gasteiger partial charge on any atom is -0.358 e. The van der Waals surface area contributed by atoms with Crippen LogP contribution in [-0.2, 0) is 6.42 Å². The molecule has 90 valence electrons. The first-order valence-electron chi connectivity index (χ1n) is 5.32. The predicted molar refractivity (Wildman–Crippen MR) is 71.1 cm³/mol. The molecule has 0 saturated carbocycles. The molecule has 0 radical (unpaired) electrons. The van der Waals surface area contributed by atoms with Crippen LogP contribution in [0.3, 0.4) is 0 Å². The number of nitrogen functional groups attached to an aromatic ring is 1. The Bertz CT molecular complexity index is 457. The maximum atomic E-state index is 5.30. The Kier molecular flexibility index (Phi) is 3.89. The Morgan fingerprint density at radius 1 is 1.47 bits per heavy atom. The molecular formula is C11H15N5S. The highest BCUT2D eigenvalue weighted by molar-refractivity contribution is 7.09. The highest BCUT2D eigenvalue weighted by atomic mass is 32.1. The largest absolute Gasteiger partial charge is 0.358 e. The van der Waals surface area contributed by atoms with Crippen molar-refractivity contribution in [1.82, 2.24) is 9.97 Å². The minimum absolute atomic E-state index is 0.575. The summed E-state index contributed by atoms with van der Waals surface area (Å²) in [5.74, 6) is 6.69. The van der Waals surface area contributed by atoms with Gasteiger partial charge >= 0.3 is 0 Å². The number of hydrogen-bond acceptors (Lipinski definition) is 6. The zero-order chi connectivity index (χ0) is 12.1. The molecule has 0 aliphatic rings. The van der Waals surface area contributed by atoms with E-state index in [2.05, 4.69) is 37.8 Å². The van der Waals surface area contributed by atoms with E-state index in [0.29, 0.717) is 5.82 Å². The van der Waals surface area contributed by atoms with Crippen molar-refractivity contribution in [3.05, 3.63) is 34.8 Å². The Balaban J connectivity index is 1.96. The van der Waals surface area contributed by atoms with Gasteiger partial charge < -0.3 is 10.3 Å². The highest BCUT2D eigenvalue weighted by Gasteiger charge is 2.04. The van der Waals surface area contributed by atoms with Crippen molar-refractivity contribution in [2.45, 2.75) is 6.42 Å². The van der Waals surface area contributed by atoms with E-state index in [9.17, 15) is 0 Å². The van der Waals surface area contributed by atoms with Crippen LogP contribution >= 0.6 is 11.3 Å². The summed E-state index contributed by atoms with van der Waals surface area (Å²) in [5.41, 5.74) is 2.49. The summed E-state index contributed by atoms with van der Waals surface area (Å²) in [6, 6.07) is 4.21. The van der Waals surface area contributed by atoms with Crippen LogP contribution < -0.4 is 16.2 Å². The second kappa shape index (κ2) is 5.60. The van der Waals surface area contributed by atoms with Gasteiger partial charge in [0.1, 0.15) is 5.82 Å². The summed E-state index contributed by atoms with van der Waals surface area (Å²) < 4.78 is 0. The van der Waals surface area contributed by atoms with E-state index in [0.717, 1.165) is 18.8 Å². The summed E-state index contributed by atoms with van der Waals surface area (Å²) in [7, 11) is 2.00. The maximum Gasteiger partial charge on any atom is 0.160 e. The topological polar surface area (TPSA) is 67.1 Å². The molecule has 3 N–H and O–H groups in total. The standard InChI is InChI=1S/C11H15N5S/c1-16(5-4-9-3-2-6-17-9)11-8-13-7-10(14-11)15-12/h2-3,6-8H,4-5,12H2,1H3,(H,14,15). The van der Waals surface area contributed by atoms with Crippen LogP contribution in [0, 0.1) is 0 Å². The second-order valence-electron chi connectivity index (χ2n) is 3.66. The van der Waals surface area contributed by atoms with E-state index in [1.807, 2.05) is 7.05 Å². The lowest BCUT2D eigenvalue weighted by atomic mass is 10.3. The van der Waals surface area contributed by atoms with Gasteiger partial charge in [-0.15, -0.1) is 11.3 Å². The molecule has 0 atom stereocenters. The van der Waals surface area contributed by atoms with Crippen LogP contribution in [0.25, 0.3) is 0 Å². The zero-order valence-electron chi connectivity index (χ0n) is 9.63. The first-order valence-corrected chi connectivity index (χ1v) is 6.20. The van der Waals surface area contributed by atoms with Gasteiger partial charge in [0, 0.05) is 18.5 Å². The van der Waals surface area contributed by atoms with Gasteiger partial charge in [0.15, 0.2) is 5.82 Å². The Hall–Kier alpha value is -1.66. The number of rotatable bonds is 5. The quantitative estimate of drug-likeness (QED) is 0.621. The van der Waals surface area contributed by atoms with E-state index in [-0.39, 0.29) is 0 Å². The molecule has 0 saturated heterocycles. The highest BCUT2D eigenvalue weighted by Crippen LogP contribution is 2.13. The third-order valence-electron chi connectivity index (χ3n) is 2.43. The molecule has 6 heteroatoms. The summed E-state index contributed by atoms with van der Waals surface area (Å²) in [6.07, 6.45) is 4.34. The molecule has 0 aliphatic heterocycles. The number of hydrazine groups is 1. The number of likely N-dealkylation sites (N-methyl/N-ethyl adjacent to an activating group) is 1. The summed E-state index contributed by atoms with van der Waals surface area (Å²) in [5, 5.41) is 2.09. The molecule has 0 unspecified atom stereocenters. The Morgan fingerprint density at radius 3 is 3.06 bits per heavy atom. The number of hydrogen-bond donors (Lipinski definition) is 2. The van der Waals surface area contributed by atoms with E-state index in [1.165, 1.54) is 4.88 Å². The molecule has 2 aromatic heterocycles. The van der Waals surface area contributed by atoms with Crippen molar-refractivity contribution in [2.75, 3.05) is 23.9 Å². The van der Waals surface area contributed by atoms with Crippen molar-refractivity contribution < 1.29 is 0 Å². The van der Waals surface area contributed by atoms with Crippen molar-refractivity contribution in [2.24, 2.45) is 5.84 Å². The van der Waals surface area contributed by atoms with E-state index in [1.54, 1.807) is 23.7 Å². The molecule has 0 aliphatic carbocycles. The fourth-order valence-electron chi connectivity index (χ4n) is 1.46. The van der Waals surface area contributed by atoms with E-state index >= 15 is 0 Å². The third-order valence-corrected chi connectivity index (χ3v) is 3.37. The molecule has 5 nitrogen and oxygen atoms in total. The average Bonchev–Trinajstić information content (AvgIpc) is 2.89. The summed E-state index contributed by atoms with van der Waals surface area (Å²) >= 11 is 1.77. The van der Waals surface area contributed by atoms with Crippen molar-refractivity contribution in [3.63, 3.8) is 0 Å². The number of nitrogens with two attached hydrogens (primary N) is 1. The lowest BCUT2D eigenvalue weighted by Gasteiger charge is -2.17. The molecule has 0 fully saturated rings. The first-order chi connectivity index (χ1) is 8.29. The van der Waals surface area contributed by atoms with Gasteiger partial charge in [-0.3, -0.25) is 4.98 Å². The summed E-state index contributed by atoms with van der Waals surface area (Å²) in [4.78, 5) is 11.8. The molecule has 0 amide bonds. The van der Waals surface area contributed by atoms with Crippen molar-refractivity contribution in [3.8, 4) is 0 Å². The van der Waals surface area contributed by atoms with Gasteiger partial charge in [0.05, 0.1) is 12.4 Å². The van der Waals surface area contributed by atoms with Crippen LogP contribution in [0.5, 0.6) is 0 Å². The average molecular weight is 249 g/mol. The lowest BCUT2D eigenvalue weighted by molar-refractivity contribution is 0.863. The predicted octanol–water partition coefficient (Wildman–Crippen LogP) is 1.50. The summed E-state index contributed by atoms with van der Waals surface area (Å²) in [6.45, 7) is 0.906. The molecule has 2 rings (SSSR count). The Morgan fingerprint density at radius 2 is 2.35 bits per heavy atom. The number of aromatic nitrogens is 2. The van der Waals surface area contributed by atoms with Crippen LogP contribution in [0.15, 0.2) is 29.9 Å². The van der Waals surface area contributed by atoms with Crippen LogP contribution in [0.4, 0.5) is 11.6 Å². The SMILES string of the molecule is CN(CCc1cccs1)c1cncc(NN)n1. The number of thiophene rings is 1. The zero-order valence-corrected chi connectivity index (χ0v) is 10.4. The number of nitrogens with zero attached hydrogens (tertiary/aromatic N) is 3. The van der Waals surface area contributed by atoms with E-state index < -0.39 is 0 Å². The van der Waals surface area contributed by atoms with Gasteiger partial charge in [0.2, 0.25) is 0 Å². The van der Waals surface area contributed by atoms with Gasteiger partial charge in [-0.1, -0.05) is 6.07 Å². The molecular weight excluding hydrogens is 234 g/mol. The second-order valence-corrected chi connectivity index (χ2v) is 4.69. The van der Waals surface area contributed by atoms with Gasteiger partial charge in [-0.25, -0.2) is 10.8 Å². The number of anilines is 2. The van der Waals surface area contributed by atoms with Crippen LogP contribution in [0.1, 0.15) is 4.88 Å². The molecule has 2 aromatic rings. The maximum absolute atomic E-state index is 5.30. The lowest BCUT2D eigenvalue weighted by Crippen LogP contribution is -2.22. The molecule has 2 heterocycles. The third kappa shape index (κ3) is 3.15. The molecule has 0 spiro atoms. The monoisotopic (exact) mass is 249 g/mol. The van der Waals surface area contributed by atoms with Gasteiger partial charge in [0.25, 0.3) is 0 Å².